The van der Waals surface area contributed by atoms with Gasteiger partial charge in [0.25, 0.3) is 0 Å². The molecule has 5 heteroatoms. The lowest BCUT2D eigenvalue weighted by atomic mass is 10.1. The predicted octanol–water partition coefficient (Wildman–Crippen LogP) is 4.55. The molecule has 120 valence electrons. The van der Waals surface area contributed by atoms with Crippen LogP contribution < -0.4 is 0 Å². The van der Waals surface area contributed by atoms with Gasteiger partial charge in [-0.05, 0) is 29.7 Å². The van der Waals surface area contributed by atoms with E-state index in [2.05, 4.69) is 0 Å². The second kappa shape index (κ2) is 7.63. The maximum absolute atomic E-state index is 12.4. The Labute approximate surface area is 132 Å². The van der Waals surface area contributed by atoms with Crippen molar-refractivity contribution >= 4 is 5.97 Å². The Kier molecular flexibility index (Phi) is 5.57. The van der Waals surface area contributed by atoms with Crippen molar-refractivity contribution in [3.8, 4) is 0 Å². The third-order valence-corrected chi connectivity index (χ3v) is 3.11. The SMILES string of the molecule is O=C(C=CCc1ccccc1)OCc1ccc(C(F)(F)F)cc1. The van der Waals surface area contributed by atoms with Crippen molar-refractivity contribution < 1.29 is 22.7 Å². The molecular formula is C18H15F3O2. The van der Waals surface area contributed by atoms with Crippen LogP contribution in [0.25, 0.3) is 0 Å². The lowest BCUT2D eigenvalue weighted by Crippen LogP contribution is -2.05. The number of rotatable bonds is 5. The van der Waals surface area contributed by atoms with E-state index in [0.717, 1.165) is 17.7 Å². The standard InChI is InChI=1S/C18H15F3O2/c19-18(20,21)16-11-9-15(10-12-16)13-23-17(22)8-4-7-14-5-2-1-3-6-14/h1-6,8-12H,7,13H2. The number of hydrogen-bond acceptors (Lipinski definition) is 2. The molecule has 0 atom stereocenters. The van der Waals surface area contributed by atoms with Crippen molar-refractivity contribution in [3.63, 3.8) is 0 Å². The number of alkyl halides is 3. The van der Waals surface area contributed by atoms with E-state index < -0.39 is 17.7 Å². The summed E-state index contributed by atoms with van der Waals surface area (Å²) < 4.78 is 42.2. The molecule has 2 nitrogen and oxygen atoms in total. The van der Waals surface area contributed by atoms with Crippen LogP contribution in [0.5, 0.6) is 0 Å². The first-order valence-corrected chi connectivity index (χ1v) is 6.98. The quantitative estimate of drug-likeness (QED) is 0.597. The first-order chi connectivity index (χ1) is 10.9. The Morgan fingerprint density at radius 2 is 1.61 bits per heavy atom. The van der Waals surface area contributed by atoms with Gasteiger partial charge in [0.2, 0.25) is 0 Å². The predicted molar refractivity (Wildman–Crippen MR) is 80.5 cm³/mol. The number of carbonyl (C=O) groups excluding carboxylic acids is 1. The third kappa shape index (κ3) is 5.62. The average molecular weight is 320 g/mol. The van der Waals surface area contributed by atoms with Gasteiger partial charge in [-0.1, -0.05) is 48.5 Å². The number of allylic oxidation sites excluding steroid dienone is 1. The molecule has 23 heavy (non-hydrogen) atoms. The van der Waals surface area contributed by atoms with Gasteiger partial charge < -0.3 is 4.74 Å². The van der Waals surface area contributed by atoms with Crippen LogP contribution in [0.15, 0.2) is 66.7 Å². The Morgan fingerprint density at radius 1 is 0.957 bits per heavy atom. The van der Waals surface area contributed by atoms with Gasteiger partial charge in [0.1, 0.15) is 6.61 Å². The van der Waals surface area contributed by atoms with Gasteiger partial charge in [0, 0.05) is 6.08 Å². The van der Waals surface area contributed by atoms with Gasteiger partial charge in [0.15, 0.2) is 0 Å². The van der Waals surface area contributed by atoms with Crippen LogP contribution in [0, 0.1) is 0 Å². The maximum Gasteiger partial charge on any atom is 0.416 e. The summed E-state index contributed by atoms with van der Waals surface area (Å²) >= 11 is 0. The minimum Gasteiger partial charge on any atom is -0.458 e. The van der Waals surface area contributed by atoms with Crippen molar-refractivity contribution in [2.45, 2.75) is 19.2 Å². The van der Waals surface area contributed by atoms with Gasteiger partial charge in [-0.2, -0.15) is 13.2 Å². The van der Waals surface area contributed by atoms with Crippen molar-refractivity contribution in [1.29, 1.82) is 0 Å². The van der Waals surface area contributed by atoms with E-state index in [9.17, 15) is 18.0 Å². The maximum atomic E-state index is 12.4. The van der Waals surface area contributed by atoms with E-state index in [4.69, 9.17) is 4.74 Å². The molecule has 0 bridgehead atoms. The van der Waals surface area contributed by atoms with Crippen molar-refractivity contribution in [3.05, 3.63) is 83.4 Å². The van der Waals surface area contributed by atoms with Crippen molar-refractivity contribution in [2.24, 2.45) is 0 Å². The Balaban J connectivity index is 1.80. The zero-order valence-corrected chi connectivity index (χ0v) is 12.2. The highest BCUT2D eigenvalue weighted by Crippen LogP contribution is 2.29. The molecule has 0 heterocycles. The van der Waals surface area contributed by atoms with Crippen molar-refractivity contribution in [1.82, 2.24) is 0 Å². The largest absolute Gasteiger partial charge is 0.458 e. The fourth-order valence-corrected chi connectivity index (χ4v) is 1.90. The van der Waals surface area contributed by atoms with E-state index in [1.54, 1.807) is 6.08 Å². The fraction of sp³-hybridized carbons (Fsp3) is 0.167. The molecule has 0 fully saturated rings. The molecule has 0 amide bonds. The Morgan fingerprint density at radius 3 is 2.22 bits per heavy atom. The normalized spacial score (nSPS) is 11.6. The number of halogens is 3. The molecule has 2 aromatic carbocycles. The topological polar surface area (TPSA) is 26.3 Å². The highest BCUT2D eigenvalue weighted by molar-refractivity contribution is 5.81. The average Bonchev–Trinajstić information content (AvgIpc) is 2.53. The van der Waals surface area contributed by atoms with E-state index in [0.29, 0.717) is 12.0 Å². The van der Waals surface area contributed by atoms with Gasteiger partial charge >= 0.3 is 12.1 Å². The molecule has 2 rings (SSSR count). The lowest BCUT2D eigenvalue weighted by Gasteiger charge is -2.07. The van der Waals surface area contributed by atoms with Crippen LogP contribution in [0.2, 0.25) is 0 Å². The molecule has 0 N–H and O–H groups in total. The number of benzene rings is 2. The minimum absolute atomic E-state index is 0.0628. The van der Waals surface area contributed by atoms with Crippen LogP contribution in [0.1, 0.15) is 16.7 Å². The van der Waals surface area contributed by atoms with E-state index >= 15 is 0 Å². The van der Waals surface area contributed by atoms with Crippen LogP contribution in [0.3, 0.4) is 0 Å². The summed E-state index contributed by atoms with van der Waals surface area (Å²) in [5, 5.41) is 0. The van der Waals surface area contributed by atoms with Gasteiger partial charge in [-0.25, -0.2) is 4.79 Å². The van der Waals surface area contributed by atoms with Gasteiger partial charge in [0.05, 0.1) is 5.56 Å². The number of esters is 1. The Bertz CT molecular complexity index is 659. The number of ether oxygens (including phenoxy) is 1. The highest BCUT2D eigenvalue weighted by atomic mass is 19.4. The van der Waals surface area contributed by atoms with Crippen molar-refractivity contribution in [2.75, 3.05) is 0 Å². The molecule has 0 unspecified atom stereocenters. The molecule has 0 spiro atoms. The van der Waals surface area contributed by atoms with Crippen LogP contribution in [-0.2, 0) is 28.7 Å². The second-order valence-corrected chi connectivity index (χ2v) is 4.89. The summed E-state index contributed by atoms with van der Waals surface area (Å²) in [5.41, 5.74) is 0.845. The van der Waals surface area contributed by atoms with E-state index in [1.165, 1.54) is 18.2 Å². The number of hydrogen-bond donors (Lipinski definition) is 0. The summed E-state index contributed by atoms with van der Waals surface area (Å²) in [6, 6.07) is 14.1. The zero-order chi connectivity index (χ0) is 16.7. The van der Waals surface area contributed by atoms with Gasteiger partial charge in [-0.3, -0.25) is 0 Å². The monoisotopic (exact) mass is 320 g/mol. The Hall–Kier alpha value is -2.56. The second-order valence-electron chi connectivity index (χ2n) is 4.89. The molecular weight excluding hydrogens is 305 g/mol. The summed E-state index contributed by atoms with van der Waals surface area (Å²) in [4.78, 5) is 11.5. The number of carbonyl (C=O) groups is 1. The summed E-state index contributed by atoms with van der Waals surface area (Å²) in [7, 11) is 0. The third-order valence-electron chi connectivity index (χ3n) is 3.11. The van der Waals surface area contributed by atoms with Gasteiger partial charge in [-0.15, -0.1) is 0 Å². The fourth-order valence-electron chi connectivity index (χ4n) is 1.90. The molecule has 0 aromatic heterocycles. The minimum atomic E-state index is -4.37. The lowest BCUT2D eigenvalue weighted by molar-refractivity contribution is -0.139. The van der Waals surface area contributed by atoms with E-state index in [1.807, 2.05) is 30.3 Å². The first-order valence-electron chi connectivity index (χ1n) is 6.98. The summed E-state index contributed by atoms with van der Waals surface area (Å²) in [6.45, 7) is -0.0628. The molecule has 0 radical (unpaired) electrons. The highest BCUT2D eigenvalue weighted by Gasteiger charge is 2.29. The zero-order valence-electron chi connectivity index (χ0n) is 12.2. The molecule has 0 aliphatic heterocycles. The molecule has 2 aromatic rings. The smallest absolute Gasteiger partial charge is 0.416 e. The first kappa shape index (κ1) is 16.8. The van der Waals surface area contributed by atoms with Crippen LogP contribution >= 0.6 is 0 Å². The van der Waals surface area contributed by atoms with Crippen LogP contribution in [0.4, 0.5) is 13.2 Å². The van der Waals surface area contributed by atoms with Crippen LogP contribution in [-0.4, -0.2) is 5.97 Å². The molecule has 0 aliphatic carbocycles. The summed E-state index contributed by atoms with van der Waals surface area (Å²) in [5.74, 6) is -0.527. The molecule has 0 saturated heterocycles. The molecule has 0 aliphatic rings. The molecule has 0 saturated carbocycles. The van der Waals surface area contributed by atoms with E-state index in [-0.39, 0.29) is 6.61 Å². The summed E-state index contributed by atoms with van der Waals surface area (Å²) in [6.07, 6.45) is -0.757.